The van der Waals surface area contributed by atoms with E-state index in [1.54, 1.807) is 45.3 Å². The topological polar surface area (TPSA) is 77.3 Å². The zero-order valence-electron chi connectivity index (χ0n) is 30.0. The molecule has 9 aromatic rings. The molecule has 12 rings (SSSR count). The summed E-state index contributed by atoms with van der Waals surface area (Å²) in [4.78, 5) is 34.5. The Hall–Kier alpha value is -6.04. The van der Waals surface area contributed by atoms with Crippen LogP contribution in [0, 0.1) is 5.92 Å². The van der Waals surface area contributed by atoms with E-state index in [4.69, 9.17) is 29.9 Å². The maximum absolute atomic E-state index is 5.13. The molecule has 3 aliphatic rings. The maximum Gasteiger partial charge on any atom is 0.174 e. The molecule has 270 valence electrons. The van der Waals surface area contributed by atoms with Gasteiger partial charge in [-0.05, 0) is 91.3 Å². The van der Waals surface area contributed by atoms with Gasteiger partial charge in [0.05, 0.1) is 24.9 Å². The summed E-state index contributed by atoms with van der Waals surface area (Å²) in [6.45, 7) is 0. The van der Waals surface area contributed by atoms with E-state index in [1.807, 2.05) is 24.3 Å². The Morgan fingerprint density at radius 2 is 0.842 bits per heavy atom. The summed E-state index contributed by atoms with van der Waals surface area (Å²) < 4.78 is 0. The first kappa shape index (κ1) is 33.1. The highest BCUT2D eigenvalue weighted by Gasteiger charge is 2.57. The quantitative estimate of drug-likeness (QED) is 0.167. The molecule has 0 aliphatic heterocycles. The van der Waals surface area contributed by atoms with Gasteiger partial charge in [0.15, 0.2) is 34.9 Å². The van der Waals surface area contributed by atoms with Crippen LogP contribution < -0.4 is 0 Å². The van der Waals surface area contributed by atoms with Crippen molar-refractivity contribution >= 4 is 45.3 Å². The normalized spacial score (nSPS) is 16.8. The van der Waals surface area contributed by atoms with Gasteiger partial charge in [-0.3, -0.25) is 0 Å². The number of allylic oxidation sites excluding steroid dienone is 4. The first-order valence-electron chi connectivity index (χ1n) is 18.6. The number of aromatic nitrogens is 6. The van der Waals surface area contributed by atoms with Crippen molar-refractivity contribution < 1.29 is 0 Å². The van der Waals surface area contributed by atoms with Crippen molar-refractivity contribution in [3.05, 3.63) is 177 Å². The Labute approximate surface area is 344 Å². The molecule has 6 nitrogen and oxygen atoms in total. The highest BCUT2D eigenvalue weighted by Crippen LogP contribution is 2.65. The van der Waals surface area contributed by atoms with Gasteiger partial charge in [-0.1, -0.05) is 97.1 Å². The molecule has 2 unspecified atom stereocenters. The van der Waals surface area contributed by atoms with Crippen molar-refractivity contribution in [1.82, 2.24) is 29.9 Å². The molecule has 0 saturated heterocycles. The SMILES string of the molecule is C1=CC2c3ccccc3C3(c4cc(-c5nc(-c6cccs6)nc(-c6cccs6)n5)ccc4-c4ccc(-c5nc(-c6cccs6)nc(-c6cccs6)n5)cc43)C2C=C1. The molecule has 2 atom stereocenters. The van der Waals surface area contributed by atoms with Crippen LogP contribution in [0.3, 0.4) is 0 Å². The Balaban J connectivity index is 1.09. The fraction of sp³-hybridized carbons (Fsp3) is 0.0638. The van der Waals surface area contributed by atoms with Crippen LogP contribution in [0.4, 0.5) is 0 Å². The third-order valence-corrected chi connectivity index (χ3v) is 14.8. The van der Waals surface area contributed by atoms with Gasteiger partial charge in [-0.15, -0.1) is 45.3 Å². The summed E-state index contributed by atoms with van der Waals surface area (Å²) in [5.74, 6) is 4.46. The zero-order chi connectivity index (χ0) is 37.5. The molecule has 6 aromatic heterocycles. The van der Waals surface area contributed by atoms with E-state index in [1.165, 1.54) is 33.4 Å². The summed E-state index contributed by atoms with van der Waals surface area (Å²) in [7, 11) is 0. The van der Waals surface area contributed by atoms with Gasteiger partial charge in [-0.2, -0.15) is 0 Å². The highest BCUT2D eigenvalue weighted by molar-refractivity contribution is 7.14. The van der Waals surface area contributed by atoms with Crippen molar-refractivity contribution in [2.24, 2.45) is 5.92 Å². The Bertz CT molecular complexity index is 2770. The number of fused-ring (bicyclic) bond motifs is 10. The van der Waals surface area contributed by atoms with Gasteiger partial charge >= 0.3 is 0 Å². The van der Waals surface area contributed by atoms with Gasteiger partial charge in [0.25, 0.3) is 0 Å². The Morgan fingerprint density at radius 1 is 0.404 bits per heavy atom. The van der Waals surface area contributed by atoms with Crippen LogP contribution in [0.1, 0.15) is 28.2 Å². The summed E-state index contributed by atoms with van der Waals surface area (Å²) >= 11 is 6.56. The lowest BCUT2D eigenvalue weighted by Gasteiger charge is -2.36. The van der Waals surface area contributed by atoms with Crippen LogP contribution in [-0.2, 0) is 5.41 Å². The van der Waals surface area contributed by atoms with Crippen LogP contribution in [0.25, 0.3) is 76.7 Å². The standard InChI is InChI=1S/C47H28N6S4/c1-3-11-33-29(9-1)30-10-2-4-12-34(30)47(33)35-25-27(41-48-43(37-13-5-21-54-37)52-44(49-41)38-14-6-22-55-38)17-19-31(35)32-20-18-28(26-36(32)47)42-50-45(39-15-7-23-56-39)53-46(51-42)40-16-8-24-57-40/h1-26,29,33H. The Kier molecular flexibility index (Phi) is 7.56. The Morgan fingerprint density at radius 3 is 1.30 bits per heavy atom. The predicted octanol–water partition coefficient (Wildman–Crippen LogP) is 12.5. The molecule has 0 amide bonds. The van der Waals surface area contributed by atoms with E-state index in [0.717, 1.165) is 30.6 Å². The minimum atomic E-state index is -0.487. The number of hydrogen-bond acceptors (Lipinski definition) is 10. The molecule has 3 aromatic carbocycles. The summed E-state index contributed by atoms with van der Waals surface area (Å²) in [6.07, 6.45) is 9.22. The lowest BCUT2D eigenvalue weighted by Crippen LogP contribution is -2.33. The minimum Gasteiger partial charge on any atom is -0.207 e. The van der Waals surface area contributed by atoms with Crippen molar-refractivity contribution in [3.63, 3.8) is 0 Å². The van der Waals surface area contributed by atoms with E-state index < -0.39 is 5.41 Å². The molecule has 10 heteroatoms. The molecular weight excluding hydrogens is 777 g/mol. The first-order chi connectivity index (χ1) is 28.2. The van der Waals surface area contributed by atoms with E-state index in [9.17, 15) is 0 Å². The predicted molar refractivity (Wildman–Crippen MR) is 234 cm³/mol. The van der Waals surface area contributed by atoms with Gasteiger partial charge < -0.3 is 0 Å². The van der Waals surface area contributed by atoms with Crippen LogP contribution in [0.15, 0.2) is 155 Å². The van der Waals surface area contributed by atoms with Crippen LogP contribution in [0.5, 0.6) is 0 Å². The molecular formula is C47H28N6S4. The summed E-state index contributed by atoms with van der Waals surface area (Å²) in [6, 6.07) is 39.1. The highest BCUT2D eigenvalue weighted by atomic mass is 32.1. The number of benzene rings is 3. The molecule has 0 radical (unpaired) electrons. The molecule has 6 heterocycles. The number of nitrogens with zero attached hydrogens (tertiary/aromatic N) is 6. The van der Waals surface area contributed by atoms with Crippen molar-refractivity contribution in [1.29, 1.82) is 0 Å². The fourth-order valence-electron chi connectivity index (χ4n) is 9.00. The van der Waals surface area contributed by atoms with Gasteiger partial charge in [0.2, 0.25) is 0 Å². The van der Waals surface area contributed by atoms with Gasteiger partial charge in [0, 0.05) is 23.0 Å². The second-order valence-electron chi connectivity index (χ2n) is 14.3. The van der Waals surface area contributed by atoms with Crippen LogP contribution in [0.2, 0.25) is 0 Å². The van der Waals surface area contributed by atoms with Gasteiger partial charge in [0.1, 0.15) is 0 Å². The fourth-order valence-corrected chi connectivity index (χ4v) is 11.6. The van der Waals surface area contributed by atoms with Crippen LogP contribution in [-0.4, -0.2) is 29.9 Å². The molecule has 0 saturated carbocycles. The van der Waals surface area contributed by atoms with E-state index >= 15 is 0 Å². The molecule has 3 aliphatic carbocycles. The number of thiophene rings is 4. The average Bonchev–Trinajstić information content (AvgIpc) is 4.13. The second kappa shape index (κ2) is 13.0. The average molecular weight is 805 g/mol. The van der Waals surface area contributed by atoms with Crippen LogP contribution >= 0.6 is 45.3 Å². The number of rotatable bonds is 6. The van der Waals surface area contributed by atoms with Crippen molar-refractivity contribution in [2.75, 3.05) is 0 Å². The molecule has 0 fully saturated rings. The molecule has 1 spiro atoms. The third kappa shape index (κ3) is 5.11. The zero-order valence-corrected chi connectivity index (χ0v) is 33.2. The van der Waals surface area contributed by atoms with E-state index in [2.05, 4.69) is 131 Å². The number of hydrogen-bond donors (Lipinski definition) is 0. The second-order valence-corrected chi connectivity index (χ2v) is 18.0. The van der Waals surface area contributed by atoms with Crippen molar-refractivity contribution in [2.45, 2.75) is 11.3 Å². The molecule has 57 heavy (non-hydrogen) atoms. The third-order valence-electron chi connectivity index (χ3n) is 11.3. The summed E-state index contributed by atoms with van der Waals surface area (Å²) in [5.41, 5.74) is 9.10. The van der Waals surface area contributed by atoms with Crippen molar-refractivity contribution in [3.8, 4) is 76.7 Å². The smallest absolute Gasteiger partial charge is 0.174 e. The molecule has 0 N–H and O–H groups in total. The first-order valence-corrected chi connectivity index (χ1v) is 22.2. The minimum absolute atomic E-state index is 0.147. The summed E-state index contributed by atoms with van der Waals surface area (Å²) in [5, 5.41) is 8.27. The van der Waals surface area contributed by atoms with E-state index in [0.29, 0.717) is 34.9 Å². The van der Waals surface area contributed by atoms with E-state index in [-0.39, 0.29) is 11.8 Å². The monoisotopic (exact) mass is 804 g/mol. The maximum atomic E-state index is 5.13. The molecule has 0 bridgehead atoms. The van der Waals surface area contributed by atoms with Gasteiger partial charge in [-0.25, -0.2) is 29.9 Å². The lowest BCUT2D eigenvalue weighted by atomic mass is 9.65. The lowest BCUT2D eigenvalue weighted by molar-refractivity contribution is 0.466. The largest absolute Gasteiger partial charge is 0.207 e.